The van der Waals surface area contributed by atoms with Gasteiger partial charge in [0.25, 0.3) is 7.82 Å². The van der Waals surface area contributed by atoms with Crippen molar-refractivity contribution in [2.75, 3.05) is 40.9 Å². The summed E-state index contributed by atoms with van der Waals surface area (Å²) in [5, 5.41) is 2.98. The zero-order valence-corrected chi connectivity index (χ0v) is 52.0. The average Bonchev–Trinajstić information content (AvgIpc) is 3.40. The van der Waals surface area contributed by atoms with E-state index in [1.165, 1.54) is 128 Å². The molecule has 0 saturated carbocycles. The minimum atomic E-state index is -4.73. The van der Waals surface area contributed by atoms with Gasteiger partial charge in [0, 0.05) is 12.8 Å². The molecular weight excluding hydrogens is 988 g/mol. The number of hydrogen-bond donors (Lipinski definition) is 1. The Labute approximate surface area is 481 Å². The number of hydrogen-bond acceptors (Lipinski definition) is 7. The van der Waals surface area contributed by atoms with Crippen molar-refractivity contribution in [2.24, 2.45) is 0 Å². The highest BCUT2D eigenvalue weighted by Gasteiger charge is 2.27. The number of carbonyl (C=O) groups is 2. The van der Waals surface area contributed by atoms with Crippen molar-refractivity contribution in [3.63, 3.8) is 0 Å². The van der Waals surface area contributed by atoms with Crippen LogP contribution in [0.4, 0.5) is 0 Å². The van der Waals surface area contributed by atoms with Crippen LogP contribution in [0.5, 0.6) is 0 Å². The fourth-order valence-electron chi connectivity index (χ4n) is 8.57. The van der Waals surface area contributed by atoms with Crippen molar-refractivity contribution in [1.82, 2.24) is 5.32 Å². The van der Waals surface area contributed by atoms with Gasteiger partial charge in [0.15, 0.2) is 0 Å². The highest BCUT2D eigenvalue weighted by atomic mass is 31.2. The Kier molecular flexibility index (Phi) is 54.5. The lowest BCUT2D eigenvalue weighted by Crippen LogP contribution is -2.47. The summed E-state index contributed by atoms with van der Waals surface area (Å²) in [6.07, 6.45) is 77.9. The Morgan fingerprint density at radius 3 is 1.28 bits per heavy atom. The van der Waals surface area contributed by atoms with Gasteiger partial charge in [-0.2, -0.15) is 0 Å². The van der Waals surface area contributed by atoms with Gasteiger partial charge in [0.2, 0.25) is 5.91 Å². The van der Waals surface area contributed by atoms with E-state index in [0.717, 1.165) is 83.5 Å². The van der Waals surface area contributed by atoms with Gasteiger partial charge in [-0.05, 0) is 102 Å². The van der Waals surface area contributed by atoms with E-state index in [9.17, 15) is 19.0 Å². The number of ether oxygens (including phenoxy) is 1. The molecule has 1 N–H and O–H groups in total. The first-order chi connectivity index (χ1) is 37.9. The number of amides is 1. The van der Waals surface area contributed by atoms with E-state index in [4.69, 9.17) is 13.8 Å². The zero-order valence-electron chi connectivity index (χ0n) is 51.1. The van der Waals surface area contributed by atoms with Gasteiger partial charge >= 0.3 is 5.97 Å². The summed E-state index contributed by atoms with van der Waals surface area (Å²) in [7, 11) is 1.13. The second kappa shape index (κ2) is 56.9. The standard InChI is InChI=1S/C68H119N2O7P/c1-7-10-13-16-19-22-25-28-30-32-34-35-37-39-41-43-46-49-52-55-58-61-68(72)77-66(59-56-53-50-47-44-27-24-21-18-15-12-9-3)65(64-76-78(73,74)75-63-62-70(4,5)6)69-67(71)60-57-54-51-48-45-42-40-38-36-33-31-29-26-23-20-17-14-11-8-2/h11,14,19-20,22-23,28-31,36,38,42,45,51,54,56,59,65-66H,7-10,12-13,15-18,21,24-27,32-35,37,39-41,43-44,46-50,52-53,55,57-58,60-64H2,1-6H3,(H-,69,71,73,74)/b14-11-,22-19-,23-20-,30-28-,31-29-,38-36-,45-42-,54-51-,59-56+. The van der Waals surface area contributed by atoms with Crippen LogP contribution in [-0.4, -0.2) is 69.4 Å². The first-order valence-corrected chi connectivity index (χ1v) is 33.2. The fourth-order valence-corrected chi connectivity index (χ4v) is 9.30. The lowest BCUT2D eigenvalue weighted by Gasteiger charge is -2.30. The summed E-state index contributed by atoms with van der Waals surface area (Å²) in [6.45, 7) is 6.64. The Morgan fingerprint density at radius 2 is 0.833 bits per heavy atom. The first kappa shape index (κ1) is 74.7. The molecule has 0 aromatic rings. The molecule has 0 spiro atoms. The van der Waals surface area contributed by atoms with Crippen molar-refractivity contribution in [3.8, 4) is 0 Å². The number of quaternary nitrogens is 1. The van der Waals surface area contributed by atoms with Gasteiger partial charge < -0.3 is 28.5 Å². The molecule has 0 heterocycles. The molecule has 0 aliphatic heterocycles. The average molecular weight is 1110 g/mol. The minimum Gasteiger partial charge on any atom is -0.756 e. The molecule has 0 aliphatic rings. The number of unbranched alkanes of at least 4 members (excludes halogenated alkanes) is 24. The monoisotopic (exact) mass is 1110 g/mol. The van der Waals surface area contributed by atoms with Crippen LogP contribution in [0.1, 0.15) is 258 Å². The minimum absolute atomic E-state index is 0.0410. The summed E-state index contributed by atoms with van der Waals surface area (Å²) in [6, 6.07) is -0.936. The highest BCUT2D eigenvalue weighted by Crippen LogP contribution is 2.38. The Balaban J connectivity index is 5.33. The van der Waals surface area contributed by atoms with Crippen LogP contribution in [0.15, 0.2) is 109 Å². The van der Waals surface area contributed by atoms with Crippen LogP contribution in [-0.2, 0) is 27.9 Å². The maximum atomic E-state index is 13.5. The van der Waals surface area contributed by atoms with Crippen molar-refractivity contribution < 1.29 is 37.3 Å². The summed E-state index contributed by atoms with van der Waals surface area (Å²) in [5.74, 6) is -0.644. The van der Waals surface area contributed by atoms with Crippen LogP contribution in [0.25, 0.3) is 0 Å². The molecule has 0 aromatic heterocycles. The number of carbonyl (C=O) groups excluding carboxylic acids is 2. The van der Waals surface area contributed by atoms with Crippen molar-refractivity contribution in [2.45, 2.75) is 270 Å². The van der Waals surface area contributed by atoms with Gasteiger partial charge in [0.05, 0.1) is 33.8 Å². The molecule has 0 rings (SSSR count). The second-order valence-corrected chi connectivity index (χ2v) is 23.6. The van der Waals surface area contributed by atoms with E-state index in [1.807, 2.05) is 45.4 Å². The Bertz CT molecular complexity index is 1700. The predicted octanol–water partition coefficient (Wildman–Crippen LogP) is 19.1. The predicted molar refractivity (Wildman–Crippen MR) is 334 cm³/mol. The molecule has 448 valence electrons. The SMILES string of the molecule is CC/C=C\C/C=C\C/C=C\C/C=C\C/C=C\C/C=C\CCC(=O)NC(COP(=O)([O-])OCC[N+](C)(C)C)C(/C=C/CCCCCCCCCCCC)OC(=O)CCCCCCCCCCCCC/C=C\C/C=C\CCCCC. The highest BCUT2D eigenvalue weighted by molar-refractivity contribution is 7.45. The molecule has 0 bridgehead atoms. The van der Waals surface area contributed by atoms with Gasteiger partial charge in [-0.15, -0.1) is 0 Å². The van der Waals surface area contributed by atoms with Crippen molar-refractivity contribution in [1.29, 1.82) is 0 Å². The largest absolute Gasteiger partial charge is 0.756 e. The number of phosphoric acid groups is 1. The third-order valence-corrected chi connectivity index (χ3v) is 14.4. The van der Waals surface area contributed by atoms with Gasteiger partial charge in [-0.25, -0.2) is 0 Å². The molecule has 0 aromatic carbocycles. The number of phosphoric ester groups is 1. The van der Waals surface area contributed by atoms with E-state index in [1.54, 1.807) is 0 Å². The molecule has 0 radical (unpaired) electrons. The van der Waals surface area contributed by atoms with Crippen molar-refractivity contribution in [3.05, 3.63) is 109 Å². The maximum absolute atomic E-state index is 13.5. The second-order valence-electron chi connectivity index (χ2n) is 22.2. The lowest BCUT2D eigenvalue weighted by molar-refractivity contribution is -0.870. The molecule has 0 aliphatic carbocycles. The van der Waals surface area contributed by atoms with Crippen LogP contribution in [0, 0.1) is 0 Å². The number of esters is 1. The molecule has 1 amide bonds. The van der Waals surface area contributed by atoms with E-state index < -0.39 is 26.6 Å². The number of nitrogens with one attached hydrogen (secondary N) is 1. The van der Waals surface area contributed by atoms with Crippen molar-refractivity contribution >= 4 is 19.7 Å². The summed E-state index contributed by atoms with van der Waals surface area (Å²) >= 11 is 0. The molecule has 78 heavy (non-hydrogen) atoms. The smallest absolute Gasteiger partial charge is 0.306 e. The molecule has 9 nitrogen and oxygen atoms in total. The molecule has 0 saturated heterocycles. The van der Waals surface area contributed by atoms with Crippen LogP contribution >= 0.6 is 7.82 Å². The van der Waals surface area contributed by atoms with Gasteiger partial charge in [0.1, 0.15) is 19.3 Å². The van der Waals surface area contributed by atoms with Crippen LogP contribution in [0.3, 0.4) is 0 Å². The maximum Gasteiger partial charge on any atom is 0.306 e. The molecule has 3 atom stereocenters. The number of likely N-dealkylation sites (N-methyl/N-ethyl adjacent to an activating group) is 1. The van der Waals surface area contributed by atoms with E-state index in [0.29, 0.717) is 23.9 Å². The van der Waals surface area contributed by atoms with Crippen LogP contribution < -0.4 is 10.2 Å². The molecular formula is C68H119N2O7P. The lowest BCUT2D eigenvalue weighted by atomic mass is 10.0. The van der Waals surface area contributed by atoms with E-state index in [-0.39, 0.29) is 31.3 Å². The Morgan fingerprint density at radius 1 is 0.462 bits per heavy atom. The third-order valence-electron chi connectivity index (χ3n) is 13.5. The molecule has 3 unspecified atom stereocenters. The summed E-state index contributed by atoms with van der Waals surface area (Å²) in [4.78, 5) is 40.0. The molecule has 10 heteroatoms. The summed E-state index contributed by atoms with van der Waals surface area (Å²) < 4.78 is 30.3. The van der Waals surface area contributed by atoms with E-state index in [2.05, 4.69) is 111 Å². The van der Waals surface area contributed by atoms with Gasteiger partial charge in [-0.3, -0.25) is 14.2 Å². The fraction of sp³-hybridized carbons (Fsp3) is 0.706. The topological polar surface area (TPSA) is 114 Å². The van der Waals surface area contributed by atoms with E-state index >= 15 is 0 Å². The Hall–Kier alpha value is -3.33. The molecule has 0 fully saturated rings. The normalized spacial score (nSPS) is 14.4. The zero-order chi connectivity index (χ0) is 57.2. The number of rotatable bonds is 56. The first-order valence-electron chi connectivity index (χ1n) is 31.7. The number of allylic oxidation sites excluding steroid dienone is 17. The third kappa shape index (κ3) is 57.4. The summed E-state index contributed by atoms with van der Waals surface area (Å²) in [5.41, 5.74) is 0. The quantitative estimate of drug-likeness (QED) is 0.0212. The van der Waals surface area contributed by atoms with Gasteiger partial charge in [-0.1, -0.05) is 252 Å². The number of nitrogens with zero attached hydrogens (tertiary/aromatic N) is 1. The van der Waals surface area contributed by atoms with Crippen LogP contribution in [0.2, 0.25) is 0 Å².